The van der Waals surface area contributed by atoms with Crippen molar-refractivity contribution >= 4 is 12.8 Å². The Hall–Kier alpha value is -2.31. The van der Waals surface area contributed by atoms with Crippen LogP contribution in [0.4, 0.5) is 5.69 Å². The first kappa shape index (κ1) is 16.5. The van der Waals surface area contributed by atoms with Gasteiger partial charge in [0, 0.05) is 18.0 Å². The third-order valence-electron chi connectivity index (χ3n) is 3.97. The highest BCUT2D eigenvalue weighted by Crippen LogP contribution is 2.51. The molecular weight excluding hydrogens is 313 g/mol. The first-order valence-corrected chi connectivity index (χ1v) is 10.4. The average molecular weight is 335 g/mol. The fraction of sp³-hybridized carbons (Fsp3) is 0.143. The van der Waals surface area contributed by atoms with E-state index in [1.165, 1.54) is 0 Å². The summed E-state index contributed by atoms with van der Waals surface area (Å²) in [7, 11) is -2.44. The zero-order valence-corrected chi connectivity index (χ0v) is 14.5. The van der Waals surface area contributed by atoms with Gasteiger partial charge in [0.1, 0.15) is 7.14 Å². The van der Waals surface area contributed by atoms with E-state index >= 15 is 0 Å². The molecule has 0 saturated heterocycles. The minimum Gasteiger partial charge on any atom is -0.378 e. The summed E-state index contributed by atoms with van der Waals surface area (Å²) in [6.45, 7) is 0. The molecule has 0 fully saturated rings. The van der Waals surface area contributed by atoms with Crippen molar-refractivity contribution in [2.45, 2.75) is 12.3 Å². The third-order valence-corrected chi connectivity index (χ3v) is 6.59. The van der Waals surface area contributed by atoms with Crippen molar-refractivity contribution in [1.29, 1.82) is 0 Å². The lowest BCUT2D eigenvalue weighted by Crippen LogP contribution is -2.07. The summed E-state index contributed by atoms with van der Waals surface area (Å²) in [5, 5.41) is 3.36. The van der Waals surface area contributed by atoms with Crippen LogP contribution in [0.5, 0.6) is 0 Å². The van der Waals surface area contributed by atoms with E-state index in [9.17, 15) is 4.57 Å². The molecule has 0 aliphatic rings. The highest BCUT2D eigenvalue weighted by Gasteiger charge is 2.23. The standard InChI is InChI=1S/C21H22NOP/c23-24(16-19-10-4-1-5-11-19,17-20-12-6-2-7-13-20)18-22-21-14-8-3-9-15-21/h1-15,22H,16-18H2. The average Bonchev–Trinajstić information content (AvgIpc) is 2.63. The summed E-state index contributed by atoms with van der Waals surface area (Å²) in [4.78, 5) is 0. The van der Waals surface area contributed by atoms with Gasteiger partial charge < -0.3 is 9.88 Å². The van der Waals surface area contributed by atoms with Gasteiger partial charge in [-0.2, -0.15) is 0 Å². The van der Waals surface area contributed by atoms with E-state index in [2.05, 4.69) is 29.6 Å². The van der Waals surface area contributed by atoms with Crippen LogP contribution < -0.4 is 5.32 Å². The summed E-state index contributed by atoms with van der Waals surface area (Å²) in [6, 6.07) is 30.2. The summed E-state index contributed by atoms with van der Waals surface area (Å²) < 4.78 is 13.7. The van der Waals surface area contributed by atoms with Gasteiger partial charge in [0.05, 0.1) is 6.29 Å². The van der Waals surface area contributed by atoms with E-state index in [4.69, 9.17) is 0 Å². The van der Waals surface area contributed by atoms with Gasteiger partial charge in [-0.1, -0.05) is 78.9 Å². The third kappa shape index (κ3) is 4.84. The molecule has 0 aromatic heterocycles. The van der Waals surface area contributed by atoms with Crippen molar-refractivity contribution < 1.29 is 4.57 Å². The van der Waals surface area contributed by atoms with Gasteiger partial charge in [-0.05, 0) is 23.3 Å². The molecule has 3 heteroatoms. The predicted molar refractivity (Wildman–Crippen MR) is 103 cm³/mol. The molecule has 0 radical (unpaired) electrons. The molecule has 0 bridgehead atoms. The molecule has 0 aliphatic heterocycles. The number of nitrogens with one attached hydrogen (secondary N) is 1. The van der Waals surface area contributed by atoms with Crippen molar-refractivity contribution in [3.63, 3.8) is 0 Å². The van der Waals surface area contributed by atoms with Gasteiger partial charge in [0.15, 0.2) is 0 Å². The maximum absolute atomic E-state index is 13.7. The smallest absolute Gasteiger partial charge is 0.114 e. The first-order valence-electron chi connectivity index (χ1n) is 8.17. The molecule has 2 nitrogen and oxygen atoms in total. The van der Waals surface area contributed by atoms with E-state index in [0.717, 1.165) is 16.8 Å². The zero-order valence-electron chi connectivity index (χ0n) is 13.6. The lowest BCUT2D eigenvalue weighted by Gasteiger charge is -2.20. The van der Waals surface area contributed by atoms with Crippen molar-refractivity contribution in [2.75, 3.05) is 11.6 Å². The normalized spacial score (nSPS) is 11.2. The van der Waals surface area contributed by atoms with Crippen molar-refractivity contribution in [2.24, 2.45) is 0 Å². The van der Waals surface area contributed by atoms with Crippen LogP contribution >= 0.6 is 7.14 Å². The Morgan fingerprint density at radius 3 is 1.50 bits per heavy atom. The van der Waals surface area contributed by atoms with E-state index in [1.807, 2.05) is 66.7 Å². The Kier molecular flexibility index (Phi) is 5.51. The summed E-state index contributed by atoms with van der Waals surface area (Å²) >= 11 is 0. The second-order valence-electron chi connectivity index (χ2n) is 6.05. The lowest BCUT2D eigenvalue weighted by molar-refractivity contribution is 0.574. The second kappa shape index (κ2) is 7.99. The molecule has 0 heterocycles. The van der Waals surface area contributed by atoms with Crippen molar-refractivity contribution in [3.05, 3.63) is 102 Å². The molecule has 0 aliphatic carbocycles. The lowest BCUT2D eigenvalue weighted by atomic mass is 10.2. The van der Waals surface area contributed by atoms with Crippen LogP contribution in [-0.4, -0.2) is 6.29 Å². The Labute approximate surface area is 143 Å². The molecule has 0 unspecified atom stereocenters. The predicted octanol–water partition coefficient (Wildman–Crippen LogP) is 5.82. The molecule has 122 valence electrons. The molecule has 0 saturated carbocycles. The minimum absolute atomic E-state index is 0.501. The van der Waals surface area contributed by atoms with Gasteiger partial charge in [0.2, 0.25) is 0 Å². The first-order chi connectivity index (χ1) is 11.7. The van der Waals surface area contributed by atoms with E-state index in [-0.39, 0.29) is 0 Å². The summed E-state index contributed by atoms with van der Waals surface area (Å²) in [6.07, 6.45) is 1.73. The fourth-order valence-electron chi connectivity index (χ4n) is 2.79. The zero-order chi connectivity index (χ0) is 16.7. The van der Waals surface area contributed by atoms with Gasteiger partial charge in [0.25, 0.3) is 0 Å². The Bertz CT molecular complexity index is 742. The van der Waals surface area contributed by atoms with Crippen LogP contribution in [0, 0.1) is 0 Å². The summed E-state index contributed by atoms with van der Waals surface area (Å²) in [5.74, 6) is 0. The fourth-order valence-corrected chi connectivity index (χ4v) is 5.35. The maximum Gasteiger partial charge on any atom is 0.114 e. The molecule has 1 N–H and O–H groups in total. The maximum atomic E-state index is 13.7. The highest BCUT2D eigenvalue weighted by molar-refractivity contribution is 7.62. The Morgan fingerprint density at radius 2 is 1.04 bits per heavy atom. The van der Waals surface area contributed by atoms with Crippen LogP contribution in [0.15, 0.2) is 91.0 Å². The van der Waals surface area contributed by atoms with Crippen LogP contribution in [0.25, 0.3) is 0 Å². The van der Waals surface area contributed by atoms with Crippen LogP contribution in [-0.2, 0) is 16.9 Å². The number of rotatable bonds is 7. The van der Waals surface area contributed by atoms with Gasteiger partial charge in [-0.25, -0.2) is 0 Å². The van der Waals surface area contributed by atoms with E-state index in [1.54, 1.807) is 0 Å². The number of para-hydroxylation sites is 1. The number of hydrogen-bond donors (Lipinski definition) is 1. The van der Waals surface area contributed by atoms with Crippen LogP contribution in [0.2, 0.25) is 0 Å². The molecule has 0 atom stereocenters. The van der Waals surface area contributed by atoms with Gasteiger partial charge in [-0.15, -0.1) is 0 Å². The number of benzene rings is 3. The van der Waals surface area contributed by atoms with E-state index in [0.29, 0.717) is 18.6 Å². The molecule has 3 rings (SSSR count). The quantitative estimate of drug-likeness (QED) is 0.551. The molecular formula is C21H22NOP. The molecule has 0 amide bonds. The van der Waals surface area contributed by atoms with Crippen molar-refractivity contribution in [1.82, 2.24) is 0 Å². The van der Waals surface area contributed by atoms with Gasteiger partial charge >= 0.3 is 0 Å². The molecule has 0 spiro atoms. The largest absolute Gasteiger partial charge is 0.378 e. The van der Waals surface area contributed by atoms with Crippen LogP contribution in [0.3, 0.4) is 0 Å². The van der Waals surface area contributed by atoms with Crippen molar-refractivity contribution in [3.8, 4) is 0 Å². The minimum atomic E-state index is -2.44. The Morgan fingerprint density at radius 1 is 0.625 bits per heavy atom. The SMILES string of the molecule is O=P(CNc1ccccc1)(Cc1ccccc1)Cc1ccccc1. The van der Waals surface area contributed by atoms with Gasteiger partial charge in [-0.3, -0.25) is 0 Å². The monoisotopic (exact) mass is 335 g/mol. The number of anilines is 1. The highest BCUT2D eigenvalue weighted by atomic mass is 31.2. The molecule has 24 heavy (non-hydrogen) atoms. The topological polar surface area (TPSA) is 29.1 Å². The molecule has 3 aromatic rings. The second-order valence-corrected chi connectivity index (χ2v) is 9.11. The Balaban J connectivity index is 1.78. The number of hydrogen-bond acceptors (Lipinski definition) is 2. The molecule has 3 aromatic carbocycles. The summed E-state index contributed by atoms with van der Waals surface area (Å²) in [5.41, 5.74) is 3.28. The van der Waals surface area contributed by atoms with E-state index < -0.39 is 7.14 Å². The van der Waals surface area contributed by atoms with Crippen LogP contribution in [0.1, 0.15) is 11.1 Å².